The summed E-state index contributed by atoms with van der Waals surface area (Å²) >= 11 is 0. The van der Waals surface area contributed by atoms with E-state index in [1.165, 1.54) is 7.11 Å². The Bertz CT molecular complexity index is 461. The highest BCUT2D eigenvalue weighted by atomic mass is 16.5. The normalized spacial score (nSPS) is 22.2. The van der Waals surface area contributed by atoms with Crippen molar-refractivity contribution in [1.82, 2.24) is 5.32 Å². The molecule has 104 valence electrons. The molecule has 5 heteroatoms. The fourth-order valence-electron chi connectivity index (χ4n) is 2.44. The Morgan fingerprint density at radius 2 is 2.26 bits per heavy atom. The molecule has 2 rings (SSSR count). The first kappa shape index (κ1) is 13.7. The monoisotopic (exact) mass is 265 g/mol. The van der Waals surface area contributed by atoms with E-state index < -0.39 is 0 Å². The maximum Gasteiger partial charge on any atom is 0.255 e. The van der Waals surface area contributed by atoms with Crippen molar-refractivity contribution >= 4 is 5.91 Å². The molecule has 1 amide bonds. The Kier molecular flexibility index (Phi) is 4.27. The number of benzene rings is 1. The SMILES string of the molecule is COc1cccc(C(=O)NCC2CCC(O)C2)c1O. The number of phenols is 1. The molecule has 2 atom stereocenters. The third-order valence-electron chi connectivity index (χ3n) is 3.53. The number of para-hydroxylation sites is 1. The number of carbonyl (C=O) groups is 1. The van der Waals surface area contributed by atoms with Crippen LogP contribution in [0.3, 0.4) is 0 Å². The Labute approximate surface area is 112 Å². The highest BCUT2D eigenvalue weighted by Crippen LogP contribution is 2.29. The lowest BCUT2D eigenvalue weighted by Crippen LogP contribution is -2.28. The second-order valence-corrected chi connectivity index (χ2v) is 4.90. The zero-order valence-electron chi connectivity index (χ0n) is 10.9. The van der Waals surface area contributed by atoms with Crippen LogP contribution in [0.2, 0.25) is 0 Å². The Morgan fingerprint density at radius 3 is 2.89 bits per heavy atom. The van der Waals surface area contributed by atoms with E-state index >= 15 is 0 Å². The number of phenolic OH excluding ortho intramolecular Hbond substituents is 1. The topological polar surface area (TPSA) is 78.8 Å². The van der Waals surface area contributed by atoms with Gasteiger partial charge < -0.3 is 20.3 Å². The second-order valence-electron chi connectivity index (χ2n) is 4.90. The van der Waals surface area contributed by atoms with Gasteiger partial charge in [-0.25, -0.2) is 0 Å². The smallest absolute Gasteiger partial charge is 0.255 e. The van der Waals surface area contributed by atoms with Gasteiger partial charge >= 0.3 is 0 Å². The summed E-state index contributed by atoms with van der Waals surface area (Å²) in [6.07, 6.45) is 2.20. The first-order chi connectivity index (χ1) is 9.11. The van der Waals surface area contributed by atoms with Crippen molar-refractivity contribution in [3.05, 3.63) is 23.8 Å². The summed E-state index contributed by atoms with van der Waals surface area (Å²) in [6, 6.07) is 4.81. The molecule has 1 aliphatic carbocycles. The number of aliphatic hydroxyl groups excluding tert-OH is 1. The van der Waals surface area contributed by atoms with Crippen molar-refractivity contribution in [2.24, 2.45) is 5.92 Å². The number of rotatable bonds is 4. The number of hydrogen-bond donors (Lipinski definition) is 3. The number of aliphatic hydroxyl groups is 1. The van der Waals surface area contributed by atoms with Gasteiger partial charge in [0.2, 0.25) is 0 Å². The zero-order valence-corrected chi connectivity index (χ0v) is 10.9. The summed E-state index contributed by atoms with van der Waals surface area (Å²) in [5, 5.41) is 22.1. The predicted molar refractivity (Wildman–Crippen MR) is 70.3 cm³/mol. The molecule has 0 bridgehead atoms. The molecule has 1 aliphatic rings. The molecule has 3 N–H and O–H groups in total. The molecule has 1 aromatic carbocycles. The van der Waals surface area contributed by atoms with Crippen molar-refractivity contribution < 1.29 is 19.7 Å². The number of aromatic hydroxyl groups is 1. The van der Waals surface area contributed by atoms with Gasteiger partial charge in [-0.2, -0.15) is 0 Å². The van der Waals surface area contributed by atoms with Gasteiger partial charge in [0.1, 0.15) is 0 Å². The summed E-state index contributed by atoms with van der Waals surface area (Å²) in [6.45, 7) is 0.520. The van der Waals surface area contributed by atoms with Crippen LogP contribution in [-0.4, -0.2) is 35.9 Å². The Morgan fingerprint density at radius 1 is 1.47 bits per heavy atom. The van der Waals surface area contributed by atoms with Crippen molar-refractivity contribution in [3.63, 3.8) is 0 Å². The van der Waals surface area contributed by atoms with Gasteiger partial charge in [0.15, 0.2) is 11.5 Å². The minimum absolute atomic E-state index is 0.144. The van der Waals surface area contributed by atoms with Crippen LogP contribution in [0.4, 0.5) is 0 Å². The summed E-state index contributed by atoms with van der Waals surface area (Å²) < 4.78 is 4.96. The van der Waals surface area contributed by atoms with E-state index in [0.29, 0.717) is 12.5 Å². The van der Waals surface area contributed by atoms with Gasteiger partial charge in [0.05, 0.1) is 18.8 Å². The number of carbonyl (C=O) groups excluding carboxylic acids is 1. The molecular weight excluding hydrogens is 246 g/mol. The average molecular weight is 265 g/mol. The van der Waals surface area contributed by atoms with Crippen LogP contribution in [-0.2, 0) is 0 Å². The highest BCUT2D eigenvalue weighted by molar-refractivity contribution is 5.97. The lowest BCUT2D eigenvalue weighted by Gasteiger charge is -2.12. The average Bonchev–Trinajstić information content (AvgIpc) is 2.82. The molecule has 1 saturated carbocycles. The van der Waals surface area contributed by atoms with Gasteiger partial charge in [-0.15, -0.1) is 0 Å². The lowest BCUT2D eigenvalue weighted by molar-refractivity contribution is 0.0941. The largest absolute Gasteiger partial charge is 0.504 e. The quantitative estimate of drug-likeness (QED) is 0.766. The summed E-state index contributed by atoms with van der Waals surface area (Å²) in [5.74, 6) is 0.127. The predicted octanol–water partition coefficient (Wildman–Crippen LogP) is 1.29. The van der Waals surface area contributed by atoms with Gasteiger partial charge in [-0.3, -0.25) is 4.79 Å². The van der Waals surface area contributed by atoms with Crippen LogP contribution < -0.4 is 10.1 Å². The van der Waals surface area contributed by atoms with Gasteiger partial charge in [-0.05, 0) is 37.3 Å². The van der Waals surface area contributed by atoms with Crippen LogP contribution in [0.1, 0.15) is 29.6 Å². The molecule has 1 aromatic rings. The van der Waals surface area contributed by atoms with E-state index in [-0.39, 0.29) is 29.1 Å². The molecule has 0 aromatic heterocycles. The minimum Gasteiger partial charge on any atom is -0.504 e. The lowest BCUT2D eigenvalue weighted by atomic mass is 10.1. The fourth-order valence-corrected chi connectivity index (χ4v) is 2.44. The van der Waals surface area contributed by atoms with Crippen molar-refractivity contribution in [1.29, 1.82) is 0 Å². The standard InChI is InChI=1S/C14H19NO4/c1-19-12-4-2-3-11(13(12)17)14(18)15-8-9-5-6-10(16)7-9/h2-4,9-10,16-17H,5-8H2,1H3,(H,15,18). The molecule has 0 saturated heterocycles. The van der Waals surface area contributed by atoms with Gasteiger partial charge in [0, 0.05) is 6.54 Å². The first-order valence-corrected chi connectivity index (χ1v) is 6.44. The molecule has 5 nitrogen and oxygen atoms in total. The third-order valence-corrected chi connectivity index (χ3v) is 3.53. The number of methoxy groups -OCH3 is 1. The highest BCUT2D eigenvalue weighted by Gasteiger charge is 2.23. The number of nitrogens with one attached hydrogen (secondary N) is 1. The number of hydrogen-bond acceptors (Lipinski definition) is 4. The van der Waals surface area contributed by atoms with Crippen molar-refractivity contribution in [2.45, 2.75) is 25.4 Å². The van der Waals surface area contributed by atoms with Crippen LogP contribution in [0.25, 0.3) is 0 Å². The summed E-state index contributed by atoms with van der Waals surface area (Å²) in [7, 11) is 1.44. The van der Waals surface area contributed by atoms with Crippen LogP contribution in [0.5, 0.6) is 11.5 Å². The van der Waals surface area contributed by atoms with Crippen molar-refractivity contribution in [3.8, 4) is 11.5 Å². The van der Waals surface area contributed by atoms with Gasteiger partial charge in [0.25, 0.3) is 5.91 Å². The van der Waals surface area contributed by atoms with Crippen LogP contribution in [0, 0.1) is 5.92 Å². The Balaban J connectivity index is 1.96. The van der Waals surface area contributed by atoms with E-state index in [1.807, 2.05) is 0 Å². The molecule has 19 heavy (non-hydrogen) atoms. The van der Waals surface area contributed by atoms with E-state index in [1.54, 1.807) is 18.2 Å². The number of amides is 1. The molecule has 0 spiro atoms. The molecule has 2 unspecified atom stereocenters. The molecule has 0 heterocycles. The van der Waals surface area contributed by atoms with E-state index in [2.05, 4.69) is 5.32 Å². The fraction of sp³-hybridized carbons (Fsp3) is 0.500. The minimum atomic E-state index is -0.321. The van der Waals surface area contributed by atoms with E-state index in [4.69, 9.17) is 4.74 Å². The summed E-state index contributed by atoms with van der Waals surface area (Å²) in [4.78, 5) is 12.0. The maximum absolute atomic E-state index is 12.0. The van der Waals surface area contributed by atoms with Crippen molar-refractivity contribution in [2.75, 3.05) is 13.7 Å². The zero-order chi connectivity index (χ0) is 13.8. The molecule has 0 aliphatic heterocycles. The second kappa shape index (κ2) is 5.93. The molecule has 0 radical (unpaired) electrons. The van der Waals surface area contributed by atoms with Crippen LogP contribution in [0.15, 0.2) is 18.2 Å². The molecule has 1 fully saturated rings. The van der Waals surface area contributed by atoms with Crippen LogP contribution >= 0.6 is 0 Å². The third kappa shape index (κ3) is 3.17. The first-order valence-electron chi connectivity index (χ1n) is 6.44. The van der Waals surface area contributed by atoms with E-state index in [0.717, 1.165) is 19.3 Å². The Hall–Kier alpha value is -1.75. The maximum atomic E-state index is 12.0. The number of ether oxygens (including phenoxy) is 1. The summed E-state index contributed by atoms with van der Waals surface area (Å²) in [5.41, 5.74) is 0.206. The van der Waals surface area contributed by atoms with E-state index in [9.17, 15) is 15.0 Å². The molecular formula is C14H19NO4. The van der Waals surface area contributed by atoms with Gasteiger partial charge in [-0.1, -0.05) is 6.07 Å².